The van der Waals surface area contributed by atoms with Crippen LogP contribution in [0.2, 0.25) is 0 Å². The minimum absolute atomic E-state index is 0. The van der Waals surface area contributed by atoms with Crippen LogP contribution in [0.1, 0.15) is 49.2 Å². The number of non-ortho nitro benzene ring substituents is 2. The van der Waals surface area contributed by atoms with Crippen LogP contribution in [0.5, 0.6) is 0 Å². The first kappa shape index (κ1) is 52.9. The maximum atomic E-state index is 12.6. The number of carboxylic acids is 1. The van der Waals surface area contributed by atoms with E-state index < -0.39 is 85.4 Å². The highest BCUT2D eigenvalue weighted by molar-refractivity contribution is 5.95. The van der Waals surface area contributed by atoms with Crippen LogP contribution in [0.15, 0.2) is 54.6 Å². The first-order chi connectivity index (χ1) is 27.2. The van der Waals surface area contributed by atoms with Crippen molar-refractivity contribution >= 4 is 34.8 Å². The molecule has 0 radical (unpaired) electrons. The third kappa shape index (κ3) is 20.2. The molecule has 330 valence electrons. The van der Waals surface area contributed by atoms with Gasteiger partial charge in [-0.1, -0.05) is 0 Å². The van der Waals surface area contributed by atoms with Crippen molar-refractivity contribution in [1.82, 2.24) is 10.6 Å². The highest BCUT2D eigenvalue weighted by Gasteiger charge is 2.35. The molecule has 17 nitrogen and oxygen atoms in total. The number of hydrogen-bond acceptors (Lipinski definition) is 12. The summed E-state index contributed by atoms with van der Waals surface area (Å²) < 4.78 is 126. The average Bonchev–Trinajstić information content (AvgIpc) is 3.14. The molecule has 0 spiro atoms. The summed E-state index contributed by atoms with van der Waals surface area (Å²) >= 11 is 0. The summed E-state index contributed by atoms with van der Waals surface area (Å²) in [6, 6.07) is 5.67. The summed E-state index contributed by atoms with van der Waals surface area (Å²) in [7, 11) is 4.47. The molecule has 7 N–H and O–H groups in total. The van der Waals surface area contributed by atoms with E-state index in [0.717, 1.165) is 18.2 Å². The monoisotopic (exact) mass is 866 g/mol. The maximum absolute atomic E-state index is 12.6. The molecule has 0 aromatic heterocycles. The Morgan fingerprint density at radius 2 is 0.966 bits per heavy atom. The predicted octanol–water partition coefficient (Wildman–Crippen LogP) is 5.80. The molecule has 59 heavy (non-hydrogen) atoms. The summed E-state index contributed by atoms with van der Waals surface area (Å²) in [6.45, 7) is 2.04. The van der Waals surface area contributed by atoms with Gasteiger partial charge in [0, 0.05) is 83.5 Å². The van der Waals surface area contributed by atoms with Crippen LogP contribution >= 0.6 is 0 Å². The summed E-state index contributed by atoms with van der Waals surface area (Å²) in [5.74, 6) is -3.12. The quantitative estimate of drug-likeness (QED) is 0.0448. The number of hydrogen-bond donors (Lipinski definition) is 5. The molecule has 0 aliphatic rings. The van der Waals surface area contributed by atoms with Gasteiger partial charge in [-0.05, 0) is 30.3 Å². The lowest BCUT2D eigenvalue weighted by atomic mass is 10.1. The second-order valence-electron chi connectivity index (χ2n) is 11.0. The lowest BCUT2D eigenvalue weighted by Gasteiger charge is -2.10. The standard InChI is InChI=1S/C11H11F3N2O4.C11H13F3N2O2.C8H4F3NO4.C3H9NO.H2/c1-20-3-2-15-10(17)7-4-8(11(12,13)14)6-9(5-7)16(18)19;1-18-3-2-16-10(17)7-4-8(11(12,13)14)6-9(15)5-7;9-8(10,11)5-1-4(7(13)14)2-6(3-5)12(15)16;1-5-3-2-4;/h4-6H,2-3H2,1H3,(H,15,17);4-6H,2-3,15H2,1H3,(H,16,17);1-3H,(H,13,14);2-4H2,1H3;1H. The number of ether oxygens (including phenoxy) is 3. The van der Waals surface area contributed by atoms with Crippen molar-refractivity contribution in [3.63, 3.8) is 0 Å². The van der Waals surface area contributed by atoms with Crippen molar-refractivity contribution in [3.8, 4) is 0 Å². The van der Waals surface area contributed by atoms with Gasteiger partial charge in [-0.15, -0.1) is 0 Å². The molecule has 0 atom stereocenters. The molecule has 0 saturated heterocycles. The summed E-state index contributed by atoms with van der Waals surface area (Å²) in [5, 5.41) is 34.1. The third-order valence-electron chi connectivity index (χ3n) is 6.47. The fraction of sp³-hybridized carbons (Fsp3) is 0.364. The molecule has 0 bridgehead atoms. The predicted molar refractivity (Wildman–Crippen MR) is 190 cm³/mol. The lowest BCUT2D eigenvalue weighted by molar-refractivity contribution is -0.385. The number of nitro benzene ring substituents is 2. The second kappa shape index (κ2) is 24.6. The van der Waals surface area contributed by atoms with Crippen molar-refractivity contribution in [2.45, 2.75) is 18.5 Å². The zero-order chi connectivity index (χ0) is 45.7. The number of nitrogens with zero attached hydrogens (tertiary/aromatic N) is 2. The third-order valence-corrected chi connectivity index (χ3v) is 6.47. The van der Waals surface area contributed by atoms with E-state index in [1.165, 1.54) is 20.3 Å². The van der Waals surface area contributed by atoms with Crippen LogP contribution in [-0.4, -0.2) is 93.5 Å². The summed E-state index contributed by atoms with van der Waals surface area (Å²) in [4.78, 5) is 52.5. The number of amides is 2. The fourth-order valence-corrected chi connectivity index (χ4v) is 3.82. The van der Waals surface area contributed by atoms with Crippen molar-refractivity contribution in [2.75, 3.05) is 66.5 Å². The highest BCUT2D eigenvalue weighted by Crippen LogP contribution is 2.34. The number of carboxylic acid groups (broad SMARTS) is 1. The van der Waals surface area contributed by atoms with Gasteiger partial charge in [0.2, 0.25) is 0 Å². The molecular weight excluding hydrogens is 827 g/mol. The molecule has 0 fully saturated rings. The van der Waals surface area contributed by atoms with Gasteiger partial charge in [-0.3, -0.25) is 29.8 Å². The first-order valence-electron chi connectivity index (χ1n) is 15.9. The van der Waals surface area contributed by atoms with Crippen molar-refractivity contribution < 1.29 is 84.5 Å². The summed E-state index contributed by atoms with van der Waals surface area (Å²) in [5.41, 5.74) is 3.66. The van der Waals surface area contributed by atoms with Gasteiger partial charge in [0.05, 0.1) is 51.9 Å². The van der Waals surface area contributed by atoms with Crippen LogP contribution in [0.25, 0.3) is 0 Å². The number of nitrogens with one attached hydrogen (secondary N) is 2. The van der Waals surface area contributed by atoms with Crippen LogP contribution in [0.4, 0.5) is 56.6 Å². The molecule has 0 aliphatic heterocycles. The minimum atomic E-state index is -4.82. The van der Waals surface area contributed by atoms with Crippen LogP contribution < -0.4 is 22.1 Å². The van der Waals surface area contributed by atoms with Gasteiger partial charge in [0.15, 0.2) is 0 Å². The number of aromatic carboxylic acids is 1. The Balaban J connectivity index is 0. The molecule has 0 saturated carbocycles. The molecule has 0 heterocycles. The number of carbonyl (C=O) groups excluding carboxylic acids is 2. The van der Waals surface area contributed by atoms with E-state index in [1.807, 2.05) is 0 Å². The van der Waals surface area contributed by atoms with E-state index in [2.05, 4.69) is 20.1 Å². The van der Waals surface area contributed by atoms with Crippen LogP contribution in [0, 0.1) is 20.2 Å². The van der Waals surface area contributed by atoms with Crippen LogP contribution in [-0.2, 0) is 32.7 Å². The number of carbonyl (C=O) groups is 3. The molecule has 3 aromatic carbocycles. The Labute approximate surface area is 329 Å². The number of nitro groups is 2. The van der Waals surface area contributed by atoms with Gasteiger partial charge in [-0.2, -0.15) is 39.5 Å². The number of nitrogens with two attached hydrogens (primary N) is 2. The minimum Gasteiger partial charge on any atom is -0.478 e. The average molecular weight is 867 g/mol. The largest absolute Gasteiger partial charge is 0.478 e. The Kier molecular flexibility index (Phi) is 22.1. The molecule has 0 aliphatic carbocycles. The normalized spacial score (nSPS) is 11.0. The molecule has 0 unspecified atom stereocenters. The van der Waals surface area contributed by atoms with E-state index in [1.54, 1.807) is 7.11 Å². The number of rotatable bonds is 13. The maximum Gasteiger partial charge on any atom is 0.416 e. The van der Waals surface area contributed by atoms with Crippen molar-refractivity contribution in [3.05, 3.63) is 108 Å². The van der Waals surface area contributed by atoms with E-state index in [-0.39, 0.29) is 45.0 Å². The Morgan fingerprint density at radius 3 is 1.27 bits per heavy atom. The molecule has 2 amide bonds. The molecule has 3 aromatic rings. The van der Waals surface area contributed by atoms with Crippen LogP contribution in [0.3, 0.4) is 0 Å². The van der Waals surface area contributed by atoms with Gasteiger partial charge < -0.3 is 41.4 Å². The number of halogens is 9. The molecule has 26 heteroatoms. The number of anilines is 1. The lowest BCUT2D eigenvalue weighted by Crippen LogP contribution is -2.27. The van der Waals surface area contributed by atoms with E-state index in [0.29, 0.717) is 37.4 Å². The Morgan fingerprint density at radius 1 is 0.627 bits per heavy atom. The fourth-order valence-electron chi connectivity index (χ4n) is 3.82. The number of benzene rings is 3. The highest BCUT2D eigenvalue weighted by atomic mass is 19.4. The van der Waals surface area contributed by atoms with E-state index >= 15 is 0 Å². The van der Waals surface area contributed by atoms with Gasteiger partial charge in [0.25, 0.3) is 23.2 Å². The summed E-state index contributed by atoms with van der Waals surface area (Å²) in [6.07, 6.45) is -14.1. The zero-order valence-corrected chi connectivity index (χ0v) is 30.9. The van der Waals surface area contributed by atoms with Gasteiger partial charge in [0.1, 0.15) is 0 Å². The smallest absolute Gasteiger partial charge is 0.416 e. The zero-order valence-electron chi connectivity index (χ0n) is 30.9. The topological polar surface area (TPSA) is 262 Å². The first-order valence-corrected chi connectivity index (χ1v) is 15.9. The van der Waals surface area contributed by atoms with Gasteiger partial charge >= 0.3 is 24.5 Å². The molecule has 3 rings (SSSR count). The SMILES string of the molecule is COCCN.COCCNC(=O)c1cc(N)cc(C(F)(F)F)c1.COCCNC(=O)c1cc([N+](=O)[O-])cc(C(F)(F)F)c1.O=C(O)c1cc([N+](=O)[O-])cc(C(F)(F)F)c1.[HH]. The number of alkyl halides is 9. The Hall–Kier alpha value is -6.12. The van der Waals surface area contributed by atoms with Gasteiger partial charge in [-0.25, -0.2) is 4.79 Å². The number of nitrogen functional groups attached to an aromatic ring is 1. The second-order valence-corrected chi connectivity index (χ2v) is 11.0. The molecular formula is C33H39F9N6O11. The van der Waals surface area contributed by atoms with E-state index in [4.69, 9.17) is 21.3 Å². The van der Waals surface area contributed by atoms with Crippen molar-refractivity contribution in [2.24, 2.45) is 5.73 Å². The number of methoxy groups -OCH3 is 3. The Bertz CT molecular complexity index is 1850. The van der Waals surface area contributed by atoms with Crippen molar-refractivity contribution in [1.29, 1.82) is 0 Å². The van der Waals surface area contributed by atoms with E-state index in [9.17, 15) is 74.1 Å².